The molecule has 8 heteroatoms. The molecule has 2 N–H and O–H groups in total. The lowest BCUT2D eigenvalue weighted by atomic mass is 9.91. The molecule has 2 rings (SSSR count). The number of rotatable bonds is 10. The third-order valence-corrected chi connectivity index (χ3v) is 6.35. The molecular weight excluding hydrogens is 440 g/mol. The second kappa shape index (κ2) is 11.8. The van der Waals surface area contributed by atoms with Gasteiger partial charge in [-0.05, 0) is 38.7 Å². The maximum absolute atomic E-state index is 14.0. The molecule has 0 saturated heterocycles. The summed E-state index contributed by atoms with van der Waals surface area (Å²) in [6, 6.07) is 3.14. The van der Waals surface area contributed by atoms with E-state index >= 15 is 0 Å². The SMILES string of the molecule is C=C1C(O)=C(C(=O)N(CC)CC)N(C)C(CCC(C)CC)=C1C(=O)NCc1ccc(F)cc1F. The molecule has 0 fully saturated rings. The molecule has 0 saturated carbocycles. The first kappa shape index (κ1) is 27.1. The van der Waals surface area contributed by atoms with E-state index in [4.69, 9.17) is 0 Å². The molecule has 1 aliphatic rings. The summed E-state index contributed by atoms with van der Waals surface area (Å²) in [5, 5.41) is 13.6. The topological polar surface area (TPSA) is 72.9 Å². The van der Waals surface area contributed by atoms with E-state index in [9.17, 15) is 23.5 Å². The van der Waals surface area contributed by atoms with Gasteiger partial charge in [-0.2, -0.15) is 0 Å². The summed E-state index contributed by atoms with van der Waals surface area (Å²) in [6.07, 6.45) is 2.20. The fraction of sp³-hybridized carbons (Fsp3) is 0.462. The fourth-order valence-corrected chi connectivity index (χ4v) is 3.88. The summed E-state index contributed by atoms with van der Waals surface area (Å²) in [4.78, 5) is 29.5. The van der Waals surface area contributed by atoms with Crippen LogP contribution in [0.5, 0.6) is 0 Å². The molecule has 2 amide bonds. The molecule has 34 heavy (non-hydrogen) atoms. The molecule has 1 atom stereocenters. The van der Waals surface area contributed by atoms with Crippen LogP contribution in [0.3, 0.4) is 0 Å². The predicted molar refractivity (Wildman–Crippen MR) is 128 cm³/mol. The van der Waals surface area contributed by atoms with Gasteiger partial charge in [-0.25, -0.2) is 8.78 Å². The number of aliphatic hydroxyl groups excluding tert-OH is 1. The van der Waals surface area contributed by atoms with Crippen molar-refractivity contribution >= 4 is 11.8 Å². The van der Waals surface area contributed by atoms with Crippen molar-refractivity contribution in [2.24, 2.45) is 5.92 Å². The third kappa shape index (κ3) is 5.85. The number of halogens is 2. The predicted octanol–water partition coefficient (Wildman–Crippen LogP) is 4.80. The maximum Gasteiger partial charge on any atom is 0.274 e. The van der Waals surface area contributed by atoms with E-state index in [0.29, 0.717) is 31.1 Å². The highest BCUT2D eigenvalue weighted by molar-refractivity contribution is 6.03. The standard InChI is InChI=1S/C26H35F2N3O3/c1-7-16(4)10-13-21-22(25(33)29-15-18-11-12-19(27)14-20(18)28)17(5)24(32)23(30(21)6)26(34)31(8-2)9-3/h11-12,14,16,32H,5,7-10,13,15H2,1-4,6H3,(H,29,33). The summed E-state index contributed by atoms with van der Waals surface area (Å²) in [6.45, 7) is 12.6. The number of nitrogens with zero attached hydrogens (tertiary/aromatic N) is 2. The Balaban J connectivity index is 2.43. The van der Waals surface area contributed by atoms with Gasteiger partial charge in [-0.15, -0.1) is 0 Å². The molecule has 0 aromatic heterocycles. The van der Waals surface area contributed by atoms with Crippen LogP contribution in [0.25, 0.3) is 0 Å². The summed E-state index contributed by atoms with van der Waals surface area (Å²) >= 11 is 0. The van der Waals surface area contributed by atoms with Crippen LogP contribution >= 0.6 is 0 Å². The summed E-state index contributed by atoms with van der Waals surface area (Å²) in [7, 11) is 1.65. The number of nitrogens with one attached hydrogen (secondary N) is 1. The Morgan fingerprint density at radius 2 is 1.85 bits per heavy atom. The molecule has 186 valence electrons. The lowest BCUT2D eigenvalue weighted by molar-refractivity contribution is -0.128. The molecule has 1 unspecified atom stereocenters. The highest BCUT2D eigenvalue weighted by Crippen LogP contribution is 2.36. The Hall–Kier alpha value is -3.16. The quantitative estimate of drug-likeness (QED) is 0.510. The molecule has 1 aliphatic heterocycles. The van der Waals surface area contributed by atoms with Crippen LogP contribution in [0, 0.1) is 17.6 Å². The number of hydrogen-bond acceptors (Lipinski definition) is 4. The smallest absolute Gasteiger partial charge is 0.274 e. The zero-order valence-corrected chi connectivity index (χ0v) is 20.7. The van der Waals surface area contributed by atoms with Gasteiger partial charge in [0, 0.05) is 49.6 Å². The Morgan fingerprint density at radius 3 is 2.41 bits per heavy atom. The van der Waals surface area contributed by atoms with Gasteiger partial charge < -0.3 is 20.2 Å². The van der Waals surface area contributed by atoms with Crippen molar-refractivity contribution in [1.82, 2.24) is 15.1 Å². The van der Waals surface area contributed by atoms with Crippen LogP contribution in [-0.2, 0) is 16.1 Å². The molecule has 0 radical (unpaired) electrons. The summed E-state index contributed by atoms with van der Waals surface area (Å²) < 4.78 is 27.2. The summed E-state index contributed by atoms with van der Waals surface area (Å²) in [5.74, 6) is -2.34. The van der Waals surface area contributed by atoms with Crippen LogP contribution in [-0.4, -0.2) is 46.9 Å². The van der Waals surface area contributed by atoms with Gasteiger partial charge in [0.25, 0.3) is 11.8 Å². The van der Waals surface area contributed by atoms with E-state index in [2.05, 4.69) is 25.7 Å². The maximum atomic E-state index is 14.0. The highest BCUT2D eigenvalue weighted by atomic mass is 19.1. The van der Waals surface area contributed by atoms with Gasteiger partial charge in [0.15, 0.2) is 5.76 Å². The van der Waals surface area contributed by atoms with Crippen molar-refractivity contribution in [1.29, 1.82) is 0 Å². The van der Waals surface area contributed by atoms with Crippen LogP contribution in [0.15, 0.2) is 53.1 Å². The molecule has 0 bridgehead atoms. The zero-order valence-electron chi connectivity index (χ0n) is 20.7. The number of allylic oxidation sites excluding steroid dienone is 2. The number of likely N-dealkylation sites (N-methyl/N-ethyl adjacent to an activating group) is 2. The van der Waals surface area contributed by atoms with Crippen LogP contribution < -0.4 is 5.32 Å². The average Bonchev–Trinajstić information content (AvgIpc) is 2.80. The first-order valence-corrected chi connectivity index (χ1v) is 11.7. The van der Waals surface area contributed by atoms with Crippen molar-refractivity contribution in [3.8, 4) is 0 Å². The largest absolute Gasteiger partial charge is 0.505 e. The van der Waals surface area contributed by atoms with Crippen molar-refractivity contribution in [3.05, 3.63) is 70.3 Å². The Labute approximate surface area is 200 Å². The first-order chi connectivity index (χ1) is 16.1. The van der Waals surface area contributed by atoms with E-state index in [1.165, 1.54) is 6.07 Å². The van der Waals surface area contributed by atoms with Crippen molar-refractivity contribution < 1.29 is 23.5 Å². The first-order valence-electron chi connectivity index (χ1n) is 11.7. The number of amides is 2. The van der Waals surface area contributed by atoms with Crippen LogP contribution in [0.4, 0.5) is 8.78 Å². The molecule has 0 spiro atoms. The number of hydrogen-bond donors (Lipinski definition) is 2. The number of benzene rings is 1. The molecule has 6 nitrogen and oxygen atoms in total. The Bertz CT molecular complexity index is 1010. The van der Waals surface area contributed by atoms with E-state index in [1.807, 2.05) is 13.8 Å². The van der Waals surface area contributed by atoms with E-state index in [1.54, 1.807) is 16.8 Å². The lowest BCUT2D eigenvalue weighted by Crippen LogP contribution is -2.41. The number of aliphatic hydroxyl groups is 1. The normalized spacial score (nSPS) is 15.0. The van der Waals surface area contributed by atoms with Gasteiger partial charge in [-0.3, -0.25) is 9.59 Å². The molecule has 1 heterocycles. The van der Waals surface area contributed by atoms with Crippen LogP contribution in [0.2, 0.25) is 0 Å². The van der Waals surface area contributed by atoms with Crippen molar-refractivity contribution in [2.45, 2.75) is 53.5 Å². The number of carbonyl (C=O) groups excluding carboxylic acids is 2. The van der Waals surface area contributed by atoms with Crippen molar-refractivity contribution in [2.75, 3.05) is 20.1 Å². The highest BCUT2D eigenvalue weighted by Gasteiger charge is 2.36. The fourth-order valence-electron chi connectivity index (χ4n) is 3.88. The van der Waals surface area contributed by atoms with Gasteiger partial charge >= 0.3 is 0 Å². The minimum Gasteiger partial charge on any atom is -0.505 e. The minimum absolute atomic E-state index is 0.0461. The second-order valence-electron chi connectivity index (χ2n) is 8.50. The molecular formula is C26H35F2N3O3. The second-order valence-corrected chi connectivity index (χ2v) is 8.50. The minimum atomic E-state index is -0.763. The zero-order chi connectivity index (χ0) is 25.6. The summed E-state index contributed by atoms with van der Waals surface area (Å²) in [5.41, 5.74) is 0.972. The molecule has 1 aromatic carbocycles. The Kier molecular flexibility index (Phi) is 9.41. The molecule has 0 aliphatic carbocycles. The van der Waals surface area contributed by atoms with Gasteiger partial charge in [0.05, 0.1) is 5.57 Å². The monoisotopic (exact) mass is 475 g/mol. The van der Waals surface area contributed by atoms with E-state index < -0.39 is 17.5 Å². The van der Waals surface area contributed by atoms with E-state index in [-0.39, 0.29) is 40.6 Å². The average molecular weight is 476 g/mol. The van der Waals surface area contributed by atoms with Crippen LogP contribution in [0.1, 0.15) is 52.5 Å². The lowest BCUT2D eigenvalue weighted by Gasteiger charge is -2.35. The third-order valence-electron chi connectivity index (χ3n) is 6.35. The number of carbonyl (C=O) groups is 2. The van der Waals surface area contributed by atoms with Gasteiger partial charge in [0.1, 0.15) is 17.3 Å². The Morgan fingerprint density at radius 1 is 1.21 bits per heavy atom. The van der Waals surface area contributed by atoms with Gasteiger partial charge in [0.2, 0.25) is 0 Å². The molecule has 1 aromatic rings. The van der Waals surface area contributed by atoms with E-state index in [0.717, 1.165) is 25.0 Å². The van der Waals surface area contributed by atoms with Gasteiger partial charge in [-0.1, -0.05) is 32.9 Å². The van der Waals surface area contributed by atoms with Crippen molar-refractivity contribution in [3.63, 3.8) is 0 Å².